The summed E-state index contributed by atoms with van der Waals surface area (Å²) >= 11 is 0.626. The number of hydrogen-bond donors (Lipinski definition) is 2. The predicted molar refractivity (Wildman–Crippen MR) is 81.4 cm³/mol. The molecule has 0 saturated heterocycles. The van der Waals surface area contributed by atoms with Gasteiger partial charge < -0.3 is 10.1 Å². The monoisotopic (exact) mass is 349 g/mol. The molecular weight excluding hydrogens is 330 g/mol. The van der Waals surface area contributed by atoms with Crippen LogP contribution in [-0.4, -0.2) is 37.9 Å². The van der Waals surface area contributed by atoms with E-state index in [4.69, 9.17) is 4.74 Å². The molecule has 0 aliphatic rings. The molecule has 22 heavy (non-hydrogen) atoms. The first kappa shape index (κ1) is 18.4. The summed E-state index contributed by atoms with van der Waals surface area (Å²) in [5, 5.41) is 2.43. The Morgan fingerprint density at radius 1 is 1.32 bits per heavy atom. The van der Waals surface area contributed by atoms with Crippen molar-refractivity contribution in [1.82, 2.24) is 14.4 Å². The first-order valence-electron chi connectivity index (χ1n) is 6.77. The molecule has 8 nitrogen and oxygen atoms in total. The Morgan fingerprint density at radius 3 is 2.59 bits per heavy atom. The highest BCUT2D eigenvalue weighted by atomic mass is 32.2. The molecule has 1 aromatic heterocycles. The van der Waals surface area contributed by atoms with Crippen molar-refractivity contribution in [1.29, 1.82) is 0 Å². The van der Waals surface area contributed by atoms with E-state index in [0.717, 1.165) is 12.8 Å². The van der Waals surface area contributed by atoms with Crippen molar-refractivity contribution in [2.24, 2.45) is 0 Å². The van der Waals surface area contributed by atoms with Gasteiger partial charge in [-0.15, -0.1) is 0 Å². The van der Waals surface area contributed by atoms with Gasteiger partial charge in [0.1, 0.15) is 5.56 Å². The number of esters is 1. The van der Waals surface area contributed by atoms with Crippen molar-refractivity contribution in [2.75, 3.05) is 13.2 Å². The predicted octanol–water partition coefficient (Wildman–Crippen LogP) is 1.42. The van der Waals surface area contributed by atoms with Crippen LogP contribution in [0.3, 0.4) is 0 Å². The van der Waals surface area contributed by atoms with Gasteiger partial charge in [-0.2, -0.15) is 4.37 Å². The fourth-order valence-electron chi connectivity index (χ4n) is 1.55. The first-order chi connectivity index (χ1) is 10.3. The van der Waals surface area contributed by atoms with Crippen LogP contribution in [0.15, 0.2) is 4.21 Å². The van der Waals surface area contributed by atoms with E-state index in [-0.39, 0.29) is 22.1 Å². The van der Waals surface area contributed by atoms with Crippen molar-refractivity contribution in [3.8, 4) is 0 Å². The van der Waals surface area contributed by atoms with Crippen molar-refractivity contribution in [3.63, 3.8) is 0 Å². The molecule has 0 aromatic carbocycles. The number of aryl methyl sites for hydroxylation is 1. The molecular formula is C12H19N3O5S2. The Kier molecular flexibility index (Phi) is 6.75. The molecule has 0 spiro atoms. The van der Waals surface area contributed by atoms with Gasteiger partial charge in [-0.25, -0.2) is 22.7 Å². The number of nitrogens with zero attached hydrogens (tertiary/aromatic N) is 1. The first-order valence-corrected chi connectivity index (χ1v) is 9.03. The van der Waals surface area contributed by atoms with Gasteiger partial charge >= 0.3 is 12.0 Å². The maximum absolute atomic E-state index is 12.2. The number of carbonyl (C=O) groups is 2. The van der Waals surface area contributed by atoms with Crippen LogP contribution in [0.1, 0.15) is 42.7 Å². The van der Waals surface area contributed by atoms with Crippen LogP contribution in [0.5, 0.6) is 0 Å². The van der Waals surface area contributed by atoms with Crippen molar-refractivity contribution in [2.45, 2.75) is 37.8 Å². The van der Waals surface area contributed by atoms with Crippen molar-refractivity contribution < 1.29 is 22.7 Å². The molecule has 10 heteroatoms. The molecule has 1 rings (SSSR count). The van der Waals surface area contributed by atoms with E-state index in [1.165, 1.54) is 6.92 Å². The molecule has 0 radical (unpaired) electrons. The zero-order chi connectivity index (χ0) is 16.8. The lowest BCUT2D eigenvalue weighted by molar-refractivity contribution is 0.0521. The topological polar surface area (TPSA) is 114 Å². The number of amides is 2. The van der Waals surface area contributed by atoms with E-state index in [0.29, 0.717) is 18.1 Å². The molecule has 2 amide bonds. The Labute approximate surface area is 133 Å². The third-order valence-corrected chi connectivity index (χ3v) is 5.36. The summed E-state index contributed by atoms with van der Waals surface area (Å²) in [5.41, 5.74) is 0.107. The van der Waals surface area contributed by atoms with Gasteiger partial charge in [0.25, 0.3) is 10.0 Å². The van der Waals surface area contributed by atoms with E-state index >= 15 is 0 Å². The highest BCUT2D eigenvalue weighted by Gasteiger charge is 2.30. The lowest BCUT2D eigenvalue weighted by Gasteiger charge is -2.08. The largest absolute Gasteiger partial charge is 0.462 e. The third kappa shape index (κ3) is 4.67. The highest BCUT2D eigenvalue weighted by Crippen LogP contribution is 2.24. The highest BCUT2D eigenvalue weighted by molar-refractivity contribution is 7.92. The fourth-order valence-corrected chi connectivity index (χ4v) is 3.72. The number of aromatic nitrogens is 1. The van der Waals surface area contributed by atoms with Gasteiger partial charge in [0.2, 0.25) is 0 Å². The number of urea groups is 1. The summed E-state index contributed by atoms with van der Waals surface area (Å²) < 4.78 is 34.6. The summed E-state index contributed by atoms with van der Waals surface area (Å²) in [7, 11) is -4.18. The van der Waals surface area contributed by atoms with Crippen LogP contribution in [0.4, 0.5) is 4.79 Å². The van der Waals surface area contributed by atoms with E-state index in [1.807, 2.05) is 11.6 Å². The normalized spacial score (nSPS) is 11.0. The molecule has 0 aliphatic heterocycles. The maximum Gasteiger partial charge on any atom is 0.342 e. The van der Waals surface area contributed by atoms with E-state index < -0.39 is 22.0 Å². The molecule has 0 bridgehead atoms. The van der Waals surface area contributed by atoms with Gasteiger partial charge in [-0.3, -0.25) is 0 Å². The molecule has 0 atom stereocenters. The van der Waals surface area contributed by atoms with E-state index in [2.05, 4.69) is 9.69 Å². The standard InChI is InChI=1S/C12H19N3O5S2/c1-4-6-7-13-12(17)15-22(18,19)11-9(8(3)14-21-11)10(16)20-5-2/h4-7H2,1-3H3,(H2,13,15,17). The lowest BCUT2D eigenvalue weighted by atomic mass is 10.3. The molecule has 0 saturated carbocycles. The van der Waals surface area contributed by atoms with Gasteiger partial charge in [0, 0.05) is 6.54 Å². The Morgan fingerprint density at radius 2 is 2.00 bits per heavy atom. The summed E-state index contributed by atoms with van der Waals surface area (Å²) in [4.78, 5) is 23.4. The van der Waals surface area contributed by atoms with Gasteiger partial charge in [0.05, 0.1) is 12.3 Å². The Balaban J connectivity index is 2.94. The average molecular weight is 349 g/mol. The SMILES string of the molecule is CCCCNC(=O)NS(=O)(=O)c1snc(C)c1C(=O)OCC. The van der Waals surface area contributed by atoms with Crippen molar-refractivity contribution >= 4 is 33.6 Å². The molecule has 1 heterocycles. The Bertz CT molecular complexity index is 639. The molecule has 0 fully saturated rings. The summed E-state index contributed by atoms with van der Waals surface area (Å²) in [6.07, 6.45) is 1.61. The number of unbranched alkanes of at least 4 members (excludes halogenated alkanes) is 1. The number of hydrogen-bond acceptors (Lipinski definition) is 7. The summed E-state index contributed by atoms with van der Waals surface area (Å²) in [5.74, 6) is -0.777. The van der Waals surface area contributed by atoms with E-state index in [9.17, 15) is 18.0 Å². The van der Waals surface area contributed by atoms with Crippen LogP contribution in [0.2, 0.25) is 0 Å². The van der Waals surface area contributed by atoms with Crippen molar-refractivity contribution in [3.05, 3.63) is 11.3 Å². The van der Waals surface area contributed by atoms with Crippen LogP contribution in [0, 0.1) is 6.92 Å². The minimum absolute atomic E-state index is 0.110. The van der Waals surface area contributed by atoms with Crippen LogP contribution in [0.25, 0.3) is 0 Å². The zero-order valence-corrected chi connectivity index (χ0v) is 14.3. The molecule has 0 aliphatic carbocycles. The number of nitrogens with one attached hydrogen (secondary N) is 2. The zero-order valence-electron chi connectivity index (χ0n) is 12.6. The number of ether oxygens (including phenoxy) is 1. The fraction of sp³-hybridized carbons (Fsp3) is 0.583. The molecule has 124 valence electrons. The smallest absolute Gasteiger partial charge is 0.342 e. The molecule has 0 unspecified atom stereocenters. The molecule has 2 N–H and O–H groups in total. The molecule has 1 aromatic rings. The lowest BCUT2D eigenvalue weighted by Crippen LogP contribution is -2.39. The summed E-state index contributed by atoms with van der Waals surface area (Å²) in [6, 6.07) is -0.839. The second-order valence-electron chi connectivity index (χ2n) is 4.37. The van der Waals surface area contributed by atoms with Crippen LogP contribution >= 0.6 is 11.5 Å². The second-order valence-corrected chi connectivity index (χ2v) is 7.02. The third-order valence-electron chi connectivity index (χ3n) is 2.60. The summed E-state index contributed by atoms with van der Waals surface area (Å²) in [6.45, 7) is 5.54. The van der Waals surface area contributed by atoms with Gasteiger partial charge in [0.15, 0.2) is 4.21 Å². The minimum Gasteiger partial charge on any atom is -0.462 e. The quantitative estimate of drug-likeness (QED) is 0.568. The number of sulfonamides is 1. The van der Waals surface area contributed by atoms with Crippen LogP contribution < -0.4 is 10.0 Å². The average Bonchev–Trinajstić information content (AvgIpc) is 2.81. The van der Waals surface area contributed by atoms with Crippen LogP contribution in [-0.2, 0) is 14.8 Å². The van der Waals surface area contributed by atoms with E-state index in [1.54, 1.807) is 6.92 Å². The van der Waals surface area contributed by atoms with Gasteiger partial charge in [-0.1, -0.05) is 13.3 Å². The Hall–Kier alpha value is -1.68. The number of carbonyl (C=O) groups excluding carboxylic acids is 2. The second kappa shape index (κ2) is 8.08. The maximum atomic E-state index is 12.2. The van der Waals surface area contributed by atoms with Gasteiger partial charge in [-0.05, 0) is 31.8 Å². The minimum atomic E-state index is -4.18. The number of rotatable bonds is 7.